The summed E-state index contributed by atoms with van der Waals surface area (Å²) in [6.45, 7) is 3.97. The molecule has 3 aromatic rings. The summed E-state index contributed by atoms with van der Waals surface area (Å²) in [5.74, 6) is 0.0101. The minimum atomic E-state index is -3.13. The van der Waals surface area contributed by atoms with Crippen molar-refractivity contribution in [2.45, 2.75) is 31.5 Å². The van der Waals surface area contributed by atoms with E-state index in [1.54, 1.807) is 9.58 Å². The van der Waals surface area contributed by atoms with Crippen LogP contribution < -0.4 is 4.90 Å². The molecule has 0 N–H and O–H groups in total. The van der Waals surface area contributed by atoms with Gasteiger partial charge in [0.05, 0.1) is 29.0 Å². The average molecular weight is 458 g/mol. The number of anilines is 1. The summed E-state index contributed by atoms with van der Waals surface area (Å²) in [5, 5.41) is 12.5. The quantitative estimate of drug-likeness (QED) is 0.525. The second-order valence-corrected chi connectivity index (χ2v) is 10.7. The standard InChI is InChI=1S/C21H23N5O3S2/c1-15-7-6-8-16(2)20(15)26-21(22-23-24-26)30-13-19(27)25(17-9-4-3-5-10-17)18-11-12-31(28,29)14-18/h3-10,18H,11-14H2,1-2H3/t18-/m1/s1. The van der Waals surface area contributed by atoms with Gasteiger partial charge in [0, 0.05) is 5.69 Å². The highest BCUT2D eigenvalue weighted by atomic mass is 32.2. The van der Waals surface area contributed by atoms with Gasteiger partial charge in [0.1, 0.15) is 0 Å². The zero-order chi connectivity index (χ0) is 22.0. The van der Waals surface area contributed by atoms with E-state index >= 15 is 0 Å². The minimum absolute atomic E-state index is 0.0154. The summed E-state index contributed by atoms with van der Waals surface area (Å²) in [6, 6.07) is 14.8. The molecule has 0 saturated carbocycles. The molecule has 1 fully saturated rings. The Morgan fingerprint density at radius 2 is 1.84 bits per heavy atom. The highest BCUT2D eigenvalue weighted by molar-refractivity contribution is 7.99. The third kappa shape index (κ3) is 4.64. The molecule has 0 radical (unpaired) electrons. The monoisotopic (exact) mass is 457 g/mol. The van der Waals surface area contributed by atoms with Gasteiger partial charge >= 0.3 is 0 Å². The molecule has 2 aromatic carbocycles. The van der Waals surface area contributed by atoms with Crippen LogP contribution in [0.5, 0.6) is 0 Å². The fourth-order valence-corrected chi connectivity index (χ4v) is 6.31. The van der Waals surface area contributed by atoms with Crippen molar-refractivity contribution in [3.8, 4) is 5.69 Å². The van der Waals surface area contributed by atoms with Gasteiger partial charge in [-0.2, -0.15) is 4.68 Å². The number of amides is 1. The normalized spacial score (nSPS) is 17.5. The third-order valence-corrected chi connectivity index (χ3v) is 7.95. The first-order valence-electron chi connectivity index (χ1n) is 9.91. The predicted molar refractivity (Wildman–Crippen MR) is 120 cm³/mol. The van der Waals surface area contributed by atoms with Crippen molar-refractivity contribution in [2.24, 2.45) is 0 Å². The smallest absolute Gasteiger partial charge is 0.237 e. The molecule has 1 aliphatic rings. The van der Waals surface area contributed by atoms with Gasteiger partial charge in [-0.05, 0) is 54.0 Å². The maximum atomic E-state index is 13.3. The lowest BCUT2D eigenvalue weighted by atomic mass is 10.1. The molecule has 1 aliphatic heterocycles. The number of sulfone groups is 1. The van der Waals surface area contributed by atoms with Crippen LogP contribution in [-0.2, 0) is 14.6 Å². The van der Waals surface area contributed by atoms with Gasteiger partial charge in [-0.25, -0.2) is 8.42 Å². The highest BCUT2D eigenvalue weighted by Gasteiger charge is 2.35. The Kier molecular flexibility index (Phi) is 6.10. The second kappa shape index (κ2) is 8.80. The fourth-order valence-electron chi connectivity index (χ4n) is 3.87. The molecule has 1 atom stereocenters. The third-order valence-electron chi connectivity index (χ3n) is 5.29. The highest BCUT2D eigenvalue weighted by Crippen LogP contribution is 2.28. The number of tetrazole rings is 1. The average Bonchev–Trinajstić information content (AvgIpc) is 3.33. The number of aryl methyl sites for hydroxylation is 2. The summed E-state index contributed by atoms with van der Waals surface area (Å²) < 4.78 is 25.7. The van der Waals surface area contributed by atoms with E-state index in [4.69, 9.17) is 0 Å². The molecule has 0 unspecified atom stereocenters. The lowest BCUT2D eigenvalue weighted by molar-refractivity contribution is -0.116. The molecule has 8 nitrogen and oxygen atoms in total. The Labute approximate surface area is 185 Å². The Bertz CT molecular complexity index is 1170. The number of rotatable bonds is 6. The summed E-state index contributed by atoms with van der Waals surface area (Å²) >= 11 is 1.24. The van der Waals surface area contributed by atoms with Crippen molar-refractivity contribution in [3.05, 3.63) is 59.7 Å². The zero-order valence-corrected chi connectivity index (χ0v) is 18.9. The molecule has 4 rings (SSSR count). The topological polar surface area (TPSA) is 98.1 Å². The number of nitrogens with zero attached hydrogens (tertiary/aromatic N) is 5. The summed E-state index contributed by atoms with van der Waals surface area (Å²) in [5.41, 5.74) is 3.65. The number of carbonyl (C=O) groups excluding carboxylic acids is 1. The molecular weight excluding hydrogens is 434 g/mol. The van der Waals surface area contributed by atoms with Crippen molar-refractivity contribution >= 4 is 33.2 Å². The van der Waals surface area contributed by atoms with Crippen LogP contribution in [0.4, 0.5) is 5.69 Å². The van der Waals surface area contributed by atoms with Crippen LogP contribution in [0.25, 0.3) is 5.69 Å². The predicted octanol–water partition coefficient (Wildman–Crippen LogP) is 2.59. The molecule has 1 amide bonds. The first-order chi connectivity index (χ1) is 14.9. The van der Waals surface area contributed by atoms with Crippen molar-refractivity contribution < 1.29 is 13.2 Å². The zero-order valence-electron chi connectivity index (χ0n) is 17.3. The van der Waals surface area contributed by atoms with Crippen LogP contribution in [0.15, 0.2) is 53.7 Å². The van der Waals surface area contributed by atoms with E-state index in [-0.39, 0.29) is 29.2 Å². The van der Waals surface area contributed by atoms with Crippen molar-refractivity contribution in [2.75, 3.05) is 22.2 Å². The molecule has 1 saturated heterocycles. The van der Waals surface area contributed by atoms with E-state index in [0.29, 0.717) is 17.3 Å². The van der Waals surface area contributed by atoms with E-state index < -0.39 is 9.84 Å². The van der Waals surface area contributed by atoms with Crippen LogP contribution >= 0.6 is 11.8 Å². The molecule has 0 spiro atoms. The second-order valence-electron chi connectivity index (χ2n) is 7.56. The van der Waals surface area contributed by atoms with E-state index in [1.165, 1.54) is 11.8 Å². The van der Waals surface area contributed by atoms with E-state index in [0.717, 1.165) is 16.8 Å². The number of aromatic nitrogens is 4. The first-order valence-corrected chi connectivity index (χ1v) is 12.7. The number of para-hydroxylation sites is 2. The van der Waals surface area contributed by atoms with Crippen molar-refractivity contribution in [1.82, 2.24) is 20.2 Å². The van der Waals surface area contributed by atoms with Crippen LogP contribution in [0, 0.1) is 13.8 Å². The molecule has 1 aromatic heterocycles. The van der Waals surface area contributed by atoms with Gasteiger partial charge in [0.2, 0.25) is 11.1 Å². The summed E-state index contributed by atoms with van der Waals surface area (Å²) in [4.78, 5) is 14.9. The van der Waals surface area contributed by atoms with Crippen LogP contribution in [0.2, 0.25) is 0 Å². The van der Waals surface area contributed by atoms with Gasteiger partial charge in [0.25, 0.3) is 0 Å². The van der Waals surface area contributed by atoms with Crippen molar-refractivity contribution in [3.63, 3.8) is 0 Å². The first kappa shape index (κ1) is 21.5. The van der Waals surface area contributed by atoms with E-state index in [2.05, 4.69) is 15.5 Å². The Hall–Kier alpha value is -2.72. The molecule has 0 aliphatic carbocycles. The summed E-state index contributed by atoms with van der Waals surface area (Å²) in [6.07, 6.45) is 0.438. The minimum Gasteiger partial charge on any atom is -0.308 e. The number of hydrogen-bond acceptors (Lipinski definition) is 7. The van der Waals surface area contributed by atoms with Gasteiger partial charge in [0.15, 0.2) is 9.84 Å². The lowest BCUT2D eigenvalue weighted by Crippen LogP contribution is -2.42. The lowest BCUT2D eigenvalue weighted by Gasteiger charge is -2.28. The largest absolute Gasteiger partial charge is 0.308 e. The number of hydrogen-bond donors (Lipinski definition) is 0. The molecule has 0 bridgehead atoms. The van der Waals surface area contributed by atoms with Crippen LogP contribution in [0.1, 0.15) is 17.5 Å². The van der Waals surface area contributed by atoms with E-state index in [9.17, 15) is 13.2 Å². The fraction of sp³-hybridized carbons (Fsp3) is 0.333. The van der Waals surface area contributed by atoms with Crippen molar-refractivity contribution in [1.29, 1.82) is 0 Å². The number of benzene rings is 2. The SMILES string of the molecule is Cc1cccc(C)c1-n1nnnc1SCC(=O)N(c1ccccc1)[C@@H]1CCS(=O)(=O)C1. The molecule has 162 valence electrons. The van der Waals surface area contributed by atoms with Gasteiger partial charge in [-0.1, -0.05) is 48.2 Å². The Morgan fingerprint density at radius 1 is 1.13 bits per heavy atom. The maximum absolute atomic E-state index is 13.3. The van der Waals surface area contributed by atoms with Crippen LogP contribution in [0.3, 0.4) is 0 Å². The Morgan fingerprint density at radius 3 is 2.48 bits per heavy atom. The molecule has 10 heteroatoms. The number of carbonyl (C=O) groups is 1. The van der Waals surface area contributed by atoms with Gasteiger partial charge in [-0.15, -0.1) is 5.10 Å². The van der Waals surface area contributed by atoms with E-state index in [1.807, 2.05) is 62.4 Å². The molecule has 31 heavy (non-hydrogen) atoms. The Balaban J connectivity index is 1.57. The molecule has 2 heterocycles. The number of thioether (sulfide) groups is 1. The maximum Gasteiger partial charge on any atom is 0.237 e. The molecular formula is C21H23N5O3S2. The van der Waals surface area contributed by atoms with Gasteiger partial charge in [-0.3, -0.25) is 4.79 Å². The van der Waals surface area contributed by atoms with Crippen LogP contribution in [-0.4, -0.2) is 57.8 Å². The van der Waals surface area contributed by atoms with Gasteiger partial charge < -0.3 is 4.90 Å². The summed E-state index contributed by atoms with van der Waals surface area (Å²) in [7, 11) is -3.13.